The smallest absolute Gasteiger partial charge is 0.302 e. The third-order valence-corrected chi connectivity index (χ3v) is 9.23. The molecule has 0 amide bonds. The van der Waals surface area contributed by atoms with E-state index in [9.17, 15) is 14.7 Å². The van der Waals surface area contributed by atoms with Crippen LogP contribution < -0.4 is 5.11 Å². The number of hydrogen-bond donors (Lipinski definition) is 0. The Bertz CT molecular complexity index is 601. The van der Waals surface area contributed by atoms with Crippen LogP contribution in [0.2, 0.25) is 0 Å². The summed E-state index contributed by atoms with van der Waals surface area (Å²) in [7, 11) is 0. The van der Waals surface area contributed by atoms with Crippen LogP contribution in [-0.4, -0.2) is 18.0 Å². The van der Waals surface area contributed by atoms with Crippen molar-refractivity contribution in [2.24, 2.45) is 40.4 Å². The van der Waals surface area contributed by atoms with Gasteiger partial charge >= 0.3 is 5.97 Å². The largest absolute Gasteiger partial charge is 0.550 e. The number of rotatable bonds is 2. The lowest BCUT2D eigenvalue weighted by molar-refractivity contribution is -0.315. The molecule has 4 aliphatic rings. The highest BCUT2D eigenvalue weighted by Crippen LogP contribution is 2.67. The van der Waals surface area contributed by atoms with Gasteiger partial charge < -0.3 is 14.6 Å². The van der Waals surface area contributed by atoms with E-state index in [1.807, 2.05) is 0 Å². The summed E-state index contributed by atoms with van der Waals surface area (Å²) in [6.45, 7) is 6.22. The Balaban J connectivity index is 1.54. The van der Waals surface area contributed by atoms with Gasteiger partial charge in [0.05, 0.1) is 0 Å². The Morgan fingerprint density at radius 3 is 2.31 bits per heavy atom. The lowest BCUT2D eigenvalue weighted by atomic mass is 9.44. The van der Waals surface area contributed by atoms with E-state index in [2.05, 4.69) is 13.8 Å². The molecule has 146 valence electrons. The highest BCUT2D eigenvalue weighted by Gasteiger charge is 2.60. The fourth-order valence-electron chi connectivity index (χ4n) is 7.95. The second kappa shape index (κ2) is 6.24. The van der Waals surface area contributed by atoms with E-state index in [-0.39, 0.29) is 23.4 Å². The van der Waals surface area contributed by atoms with Crippen molar-refractivity contribution in [3.8, 4) is 0 Å². The highest BCUT2D eigenvalue weighted by molar-refractivity contribution is 5.69. The van der Waals surface area contributed by atoms with Gasteiger partial charge in [-0.25, -0.2) is 0 Å². The van der Waals surface area contributed by atoms with Crippen LogP contribution in [0.25, 0.3) is 0 Å². The number of carboxylic acid groups (broad SMARTS) is 1. The molecule has 0 saturated heterocycles. The van der Waals surface area contributed by atoms with E-state index in [0.717, 1.165) is 44.9 Å². The number of ether oxygens (including phenoxy) is 1. The minimum Gasteiger partial charge on any atom is -0.550 e. The standard InChI is InChI=1S/C22H34O4/c1-13(23)26-15-8-10-21(2)14(12-15)4-5-16-17-6-7-19(20(24)25)22(17,3)11-9-18(16)21/h14-19H,4-12H2,1-3H3,(H,24,25)/p-1/t14-,15-,16-,17-,18-,19+,21-,22-/m0/s1. The third kappa shape index (κ3) is 2.62. The molecule has 4 rings (SSSR count). The molecule has 0 aliphatic heterocycles. The molecule has 8 atom stereocenters. The van der Waals surface area contributed by atoms with Gasteiger partial charge in [-0.05, 0) is 92.3 Å². The molecule has 4 fully saturated rings. The van der Waals surface area contributed by atoms with E-state index in [4.69, 9.17) is 4.74 Å². The van der Waals surface area contributed by atoms with Crippen LogP contribution in [0.5, 0.6) is 0 Å². The number of aliphatic carboxylic acids is 1. The summed E-state index contributed by atoms with van der Waals surface area (Å²) < 4.78 is 5.54. The van der Waals surface area contributed by atoms with Gasteiger partial charge in [0.25, 0.3) is 0 Å². The molecule has 4 nitrogen and oxygen atoms in total. The summed E-state index contributed by atoms with van der Waals surface area (Å²) in [6, 6.07) is 0. The molecule has 0 aromatic heterocycles. The molecule has 26 heavy (non-hydrogen) atoms. The van der Waals surface area contributed by atoms with Crippen molar-refractivity contribution in [2.75, 3.05) is 0 Å². The Morgan fingerprint density at radius 1 is 0.923 bits per heavy atom. The Hall–Kier alpha value is -1.06. The van der Waals surface area contributed by atoms with Crippen molar-refractivity contribution in [2.45, 2.75) is 84.7 Å². The predicted octanol–water partition coefficient (Wildman–Crippen LogP) is 3.33. The fraction of sp³-hybridized carbons (Fsp3) is 0.909. The predicted molar refractivity (Wildman–Crippen MR) is 95.8 cm³/mol. The minimum atomic E-state index is -0.824. The van der Waals surface area contributed by atoms with Crippen LogP contribution in [0.3, 0.4) is 0 Å². The fourth-order valence-corrected chi connectivity index (χ4v) is 7.95. The maximum Gasteiger partial charge on any atom is 0.302 e. The molecule has 0 heterocycles. The van der Waals surface area contributed by atoms with Gasteiger partial charge in [-0.1, -0.05) is 13.8 Å². The summed E-state index contributed by atoms with van der Waals surface area (Å²) in [6.07, 6.45) is 9.74. The first-order chi connectivity index (χ1) is 12.3. The first kappa shape index (κ1) is 18.3. The molecule has 4 aliphatic carbocycles. The average Bonchev–Trinajstić information content (AvgIpc) is 2.92. The molecule has 0 bridgehead atoms. The summed E-state index contributed by atoms with van der Waals surface area (Å²) in [5.41, 5.74) is 0.276. The highest BCUT2D eigenvalue weighted by atomic mass is 16.5. The van der Waals surface area contributed by atoms with Crippen molar-refractivity contribution < 1.29 is 19.4 Å². The summed E-state index contributed by atoms with van der Waals surface area (Å²) >= 11 is 0. The van der Waals surface area contributed by atoms with Crippen LogP contribution in [0.4, 0.5) is 0 Å². The lowest BCUT2D eigenvalue weighted by Crippen LogP contribution is -2.55. The van der Waals surface area contributed by atoms with E-state index in [1.54, 1.807) is 0 Å². The zero-order valence-corrected chi connectivity index (χ0v) is 16.5. The van der Waals surface area contributed by atoms with Crippen LogP contribution in [0.15, 0.2) is 0 Å². The Kier molecular flexibility index (Phi) is 4.39. The van der Waals surface area contributed by atoms with Crippen molar-refractivity contribution >= 4 is 11.9 Å². The SMILES string of the molecule is CC(=O)O[C@H]1CC[C@@]2(C)[C@@H](CC[C@@H]3[C@@H]2CC[C@]2(C)[C@@H](C(=O)[O-])CC[C@@H]32)C1. The molecular formula is C22H33O4-. The molecule has 4 heteroatoms. The van der Waals surface area contributed by atoms with Crippen molar-refractivity contribution in [3.63, 3.8) is 0 Å². The van der Waals surface area contributed by atoms with Crippen LogP contribution in [0.1, 0.15) is 78.6 Å². The third-order valence-electron chi connectivity index (χ3n) is 9.23. The molecule has 0 spiro atoms. The zero-order valence-electron chi connectivity index (χ0n) is 16.5. The minimum absolute atomic E-state index is 0.0574. The molecule has 0 unspecified atom stereocenters. The van der Waals surface area contributed by atoms with E-state index >= 15 is 0 Å². The average molecular weight is 362 g/mol. The maximum atomic E-state index is 11.7. The van der Waals surface area contributed by atoms with Gasteiger partial charge in [0.2, 0.25) is 0 Å². The van der Waals surface area contributed by atoms with E-state index in [1.165, 1.54) is 19.8 Å². The van der Waals surface area contributed by atoms with Gasteiger partial charge in [0, 0.05) is 18.8 Å². The molecule has 4 saturated carbocycles. The van der Waals surface area contributed by atoms with Gasteiger partial charge in [0.1, 0.15) is 6.10 Å². The van der Waals surface area contributed by atoms with Gasteiger partial charge in [-0.3, -0.25) is 4.79 Å². The monoisotopic (exact) mass is 361 g/mol. The first-order valence-corrected chi connectivity index (χ1v) is 10.6. The summed E-state index contributed by atoms with van der Waals surface area (Å²) in [5, 5.41) is 11.7. The van der Waals surface area contributed by atoms with E-state index in [0.29, 0.717) is 29.1 Å². The van der Waals surface area contributed by atoms with Crippen LogP contribution in [-0.2, 0) is 14.3 Å². The molecule has 0 radical (unpaired) electrons. The molecular weight excluding hydrogens is 328 g/mol. The van der Waals surface area contributed by atoms with E-state index < -0.39 is 5.97 Å². The second-order valence-corrected chi connectivity index (χ2v) is 10.2. The van der Waals surface area contributed by atoms with Crippen LogP contribution >= 0.6 is 0 Å². The summed E-state index contributed by atoms with van der Waals surface area (Å²) in [5.74, 6) is 1.34. The Labute approximate surface area is 157 Å². The maximum absolute atomic E-state index is 11.7. The lowest BCUT2D eigenvalue weighted by Gasteiger charge is -2.61. The Morgan fingerprint density at radius 2 is 1.62 bits per heavy atom. The number of carbonyl (C=O) groups excluding carboxylic acids is 2. The normalized spacial score (nSPS) is 50.3. The quantitative estimate of drug-likeness (QED) is 0.708. The van der Waals surface area contributed by atoms with Crippen molar-refractivity contribution in [1.29, 1.82) is 0 Å². The molecule has 0 N–H and O–H groups in total. The second-order valence-electron chi connectivity index (χ2n) is 10.2. The van der Waals surface area contributed by atoms with Crippen molar-refractivity contribution in [1.82, 2.24) is 0 Å². The summed E-state index contributed by atoms with van der Waals surface area (Å²) in [4.78, 5) is 23.0. The number of carboxylic acids is 1. The number of carbonyl (C=O) groups is 2. The molecule has 0 aromatic rings. The topological polar surface area (TPSA) is 66.4 Å². The number of hydrogen-bond acceptors (Lipinski definition) is 4. The number of fused-ring (bicyclic) bond motifs is 5. The number of esters is 1. The van der Waals surface area contributed by atoms with Crippen molar-refractivity contribution in [3.05, 3.63) is 0 Å². The molecule has 0 aromatic carbocycles. The zero-order chi connectivity index (χ0) is 18.7. The first-order valence-electron chi connectivity index (χ1n) is 10.6. The van der Waals surface area contributed by atoms with Gasteiger partial charge in [-0.2, -0.15) is 0 Å². The van der Waals surface area contributed by atoms with Crippen LogP contribution in [0, 0.1) is 40.4 Å². The van der Waals surface area contributed by atoms with Gasteiger partial charge in [-0.15, -0.1) is 0 Å². The van der Waals surface area contributed by atoms with Gasteiger partial charge in [0.15, 0.2) is 0 Å².